The lowest BCUT2D eigenvalue weighted by molar-refractivity contribution is -0.123. The summed E-state index contributed by atoms with van der Waals surface area (Å²) in [6.45, 7) is 7.38. The molecular weight excluding hydrogens is 258 g/mol. The lowest BCUT2D eigenvalue weighted by Gasteiger charge is -2.18. The van der Waals surface area contributed by atoms with Crippen molar-refractivity contribution in [1.82, 2.24) is 20.8 Å². The fourth-order valence-corrected chi connectivity index (χ4v) is 1.82. The van der Waals surface area contributed by atoms with Gasteiger partial charge in [0.05, 0.1) is 12.0 Å². The van der Waals surface area contributed by atoms with Crippen LogP contribution in [0, 0.1) is 5.92 Å². The molecule has 114 valence electrons. The Morgan fingerprint density at radius 2 is 2.10 bits per heavy atom. The number of aromatic nitrogens is 2. The molecule has 1 heterocycles. The summed E-state index contributed by atoms with van der Waals surface area (Å²) >= 11 is 0. The molecule has 0 radical (unpaired) electrons. The molecule has 2 N–H and O–H groups in total. The van der Waals surface area contributed by atoms with E-state index >= 15 is 0 Å². The summed E-state index contributed by atoms with van der Waals surface area (Å²) in [6, 6.07) is 0.460. The van der Waals surface area contributed by atoms with Crippen molar-refractivity contribution in [2.24, 2.45) is 5.92 Å². The van der Waals surface area contributed by atoms with E-state index in [-0.39, 0.29) is 17.9 Å². The van der Waals surface area contributed by atoms with E-state index in [9.17, 15) is 4.79 Å². The minimum absolute atomic E-state index is 0.00503. The summed E-state index contributed by atoms with van der Waals surface area (Å²) in [7, 11) is 3.46. The number of rotatable bonds is 8. The molecule has 0 aliphatic heterocycles. The second-order valence-corrected chi connectivity index (χ2v) is 4.99. The van der Waals surface area contributed by atoms with E-state index in [4.69, 9.17) is 4.42 Å². The monoisotopic (exact) mass is 283 g/mol. The maximum atomic E-state index is 11.5. The molecule has 0 aliphatic rings. The summed E-state index contributed by atoms with van der Waals surface area (Å²) < 4.78 is 5.63. The van der Waals surface area contributed by atoms with Gasteiger partial charge < -0.3 is 20.0 Å². The average molecular weight is 283 g/mol. The van der Waals surface area contributed by atoms with Crippen LogP contribution >= 0.6 is 0 Å². The molecule has 7 nitrogen and oxygen atoms in total. The summed E-state index contributed by atoms with van der Waals surface area (Å²) in [4.78, 5) is 13.3. The summed E-state index contributed by atoms with van der Waals surface area (Å²) in [6.07, 6.45) is 1.05. The third kappa shape index (κ3) is 4.48. The van der Waals surface area contributed by atoms with Crippen molar-refractivity contribution in [3.05, 3.63) is 5.89 Å². The maximum Gasteiger partial charge on any atom is 0.317 e. The molecule has 1 aromatic heterocycles. The first-order valence-electron chi connectivity index (χ1n) is 6.99. The third-order valence-corrected chi connectivity index (χ3v) is 3.07. The van der Waals surface area contributed by atoms with E-state index in [0.29, 0.717) is 18.5 Å². The summed E-state index contributed by atoms with van der Waals surface area (Å²) in [5.41, 5.74) is 0. The topological polar surface area (TPSA) is 83.3 Å². The SMILES string of the molecule is CCCNC(C)c1nnc(N(C)CC(C)C(=O)NC)o1. The summed E-state index contributed by atoms with van der Waals surface area (Å²) in [5.74, 6) is 0.415. The number of carbonyl (C=O) groups excluding carboxylic acids is 1. The van der Waals surface area contributed by atoms with Crippen LogP contribution in [0.5, 0.6) is 0 Å². The van der Waals surface area contributed by atoms with Crippen molar-refractivity contribution in [1.29, 1.82) is 0 Å². The smallest absolute Gasteiger partial charge is 0.317 e. The standard InChI is InChI=1S/C13H25N5O2/c1-6-7-15-10(3)12-16-17-13(20-12)18(5)8-9(2)11(19)14-4/h9-10,15H,6-8H2,1-5H3,(H,14,19). The van der Waals surface area contributed by atoms with Gasteiger partial charge in [0.25, 0.3) is 0 Å². The highest BCUT2D eigenvalue weighted by Gasteiger charge is 2.19. The highest BCUT2D eigenvalue weighted by molar-refractivity contribution is 5.78. The van der Waals surface area contributed by atoms with Gasteiger partial charge in [-0.3, -0.25) is 4.79 Å². The van der Waals surface area contributed by atoms with Crippen molar-refractivity contribution < 1.29 is 9.21 Å². The summed E-state index contributed by atoms with van der Waals surface area (Å²) in [5, 5.41) is 14.0. The molecule has 7 heteroatoms. The minimum Gasteiger partial charge on any atom is -0.406 e. The molecule has 0 fully saturated rings. The van der Waals surface area contributed by atoms with Gasteiger partial charge in [-0.1, -0.05) is 18.9 Å². The molecule has 20 heavy (non-hydrogen) atoms. The molecule has 1 aromatic rings. The lowest BCUT2D eigenvalue weighted by atomic mass is 10.1. The van der Waals surface area contributed by atoms with Crippen LogP contribution < -0.4 is 15.5 Å². The second-order valence-electron chi connectivity index (χ2n) is 4.99. The molecule has 0 saturated carbocycles. The van der Waals surface area contributed by atoms with Gasteiger partial charge >= 0.3 is 6.01 Å². The van der Waals surface area contributed by atoms with Crippen molar-refractivity contribution in [2.45, 2.75) is 33.2 Å². The van der Waals surface area contributed by atoms with Crippen molar-refractivity contribution >= 4 is 11.9 Å². The number of nitrogens with one attached hydrogen (secondary N) is 2. The van der Waals surface area contributed by atoms with Gasteiger partial charge in [0.15, 0.2) is 0 Å². The van der Waals surface area contributed by atoms with Crippen LogP contribution in [0.15, 0.2) is 4.42 Å². The lowest BCUT2D eigenvalue weighted by Crippen LogP contribution is -2.34. The van der Waals surface area contributed by atoms with E-state index in [2.05, 4.69) is 27.8 Å². The van der Waals surface area contributed by atoms with E-state index < -0.39 is 0 Å². The first kappa shape index (κ1) is 16.4. The van der Waals surface area contributed by atoms with E-state index in [0.717, 1.165) is 13.0 Å². The Labute approximate surface area is 120 Å². The van der Waals surface area contributed by atoms with E-state index in [1.54, 1.807) is 11.9 Å². The first-order chi connectivity index (χ1) is 9.49. The number of anilines is 1. The van der Waals surface area contributed by atoms with Gasteiger partial charge in [-0.15, -0.1) is 5.10 Å². The van der Waals surface area contributed by atoms with Crippen molar-refractivity contribution in [3.63, 3.8) is 0 Å². The Morgan fingerprint density at radius 1 is 1.40 bits per heavy atom. The van der Waals surface area contributed by atoms with Gasteiger partial charge in [0.2, 0.25) is 11.8 Å². The number of hydrogen-bond acceptors (Lipinski definition) is 6. The van der Waals surface area contributed by atoms with Gasteiger partial charge in [0, 0.05) is 20.6 Å². The Balaban J connectivity index is 2.59. The Bertz CT molecular complexity index is 421. The first-order valence-corrected chi connectivity index (χ1v) is 6.99. The van der Waals surface area contributed by atoms with Gasteiger partial charge in [-0.25, -0.2) is 0 Å². The van der Waals surface area contributed by atoms with E-state index in [1.807, 2.05) is 20.9 Å². The van der Waals surface area contributed by atoms with Gasteiger partial charge in [0.1, 0.15) is 0 Å². The number of hydrogen-bond donors (Lipinski definition) is 2. The van der Waals surface area contributed by atoms with Crippen LogP contribution in [-0.2, 0) is 4.79 Å². The largest absolute Gasteiger partial charge is 0.406 e. The van der Waals surface area contributed by atoms with Crippen LogP contribution in [-0.4, -0.2) is 43.3 Å². The van der Waals surface area contributed by atoms with Crippen molar-refractivity contribution in [3.8, 4) is 0 Å². The Hall–Kier alpha value is -1.63. The van der Waals surface area contributed by atoms with Crippen LogP contribution in [0.1, 0.15) is 39.1 Å². The molecule has 2 unspecified atom stereocenters. The molecule has 2 atom stereocenters. The Morgan fingerprint density at radius 3 is 2.70 bits per heavy atom. The Kier molecular flexibility index (Phi) is 6.44. The predicted molar refractivity (Wildman–Crippen MR) is 77.5 cm³/mol. The predicted octanol–water partition coefficient (Wildman–Crippen LogP) is 0.948. The number of carbonyl (C=O) groups is 1. The zero-order chi connectivity index (χ0) is 15.1. The minimum atomic E-state index is -0.143. The fourth-order valence-electron chi connectivity index (χ4n) is 1.82. The molecule has 0 aliphatic carbocycles. The molecule has 0 saturated heterocycles. The van der Waals surface area contributed by atoms with Crippen molar-refractivity contribution in [2.75, 3.05) is 32.1 Å². The molecule has 1 rings (SSSR count). The molecule has 0 spiro atoms. The normalized spacial score (nSPS) is 13.8. The van der Waals surface area contributed by atoms with Gasteiger partial charge in [-0.05, 0) is 19.9 Å². The second kappa shape index (κ2) is 7.84. The quantitative estimate of drug-likeness (QED) is 0.739. The molecular formula is C13H25N5O2. The number of amides is 1. The third-order valence-electron chi connectivity index (χ3n) is 3.07. The zero-order valence-corrected chi connectivity index (χ0v) is 12.9. The highest BCUT2D eigenvalue weighted by Crippen LogP contribution is 2.17. The van der Waals surface area contributed by atoms with Gasteiger partial charge in [-0.2, -0.15) is 0 Å². The molecule has 0 bridgehead atoms. The average Bonchev–Trinajstić information content (AvgIpc) is 2.93. The van der Waals surface area contributed by atoms with Crippen LogP contribution in [0.25, 0.3) is 0 Å². The number of nitrogens with zero attached hydrogens (tertiary/aromatic N) is 3. The molecule has 0 aromatic carbocycles. The van der Waals surface area contributed by atoms with Crippen LogP contribution in [0.3, 0.4) is 0 Å². The van der Waals surface area contributed by atoms with E-state index in [1.165, 1.54) is 0 Å². The fraction of sp³-hybridized carbons (Fsp3) is 0.769. The van der Waals surface area contributed by atoms with Crippen LogP contribution in [0.2, 0.25) is 0 Å². The zero-order valence-electron chi connectivity index (χ0n) is 12.9. The van der Waals surface area contributed by atoms with Crippen LogP contribution in [0.4, 0.5) is 6.01 Å². The molecule has 1 amide bonds. The highest BCUT2D eigenvalue weighted by atomic mass is 16.4. The maximum absolute atomic E-state index is 11.5.